The third kappa shape index (κ3) is 4.71. The minimum absolute atomic E-state index is 0.312. The van der Waals surface area contributed by atoms with Crippen molar-refractivity contribution in [3.05, 3.63) is 58.1 Å². The van der Waals surface area contributed by atoms with Gasteiger partial charge in [0, 0.05) is 4.47 Å². The molecule has 0 saturated heterocycles. The van der Waals surface area contributed by atoms with E-state index >= 15 is 0 Å². The van der Waals surface area contributed by atoms with Crippen molar-refractivity contribution in [3.8, 4) is 11.5 Å². The Morgan fingerprint density at radius 2 is 1.77 bits per heavy atom. The summed E-state index contributed by atoms with van der Waals surface area (Å²) in [6.45, 7) is 3.01. The Morgan fingerprint density at radius 1 is 1.09 bits per heavy atom. The topological polar surface area (TPSA) is 44.5 Å². The lowest BCUT2D eigenvalue weighted by Crippen LogP contribution is -2.14. The molecule has 0 aliphatic carbocycles. The highest BCUT2D eigenvalue weighted by Gasteiger charge is 2.07. The van der Waals surface area contributed by atoms with Crippen molar-refractivity contribution < 1.29 is 9.47 Å². The van der Waals surface area contributed by atoms with Crippen molar-refractivity contribution in [1.29, 1.82) is 0 Å². The maximum absolute atomic E-state index is 5.71. The van der Waals surface area contributed by atoms with Crippen molar-refractivity contribution in [1.82, 2.24) is 0 Å². The van der Waals surface area contributed by atoms with Gasteiger partial charge in [-0.2, -0.15) is 0 Å². The van der Waals surface area contributed by atoms with Crippen molar-refractivity contribution in [2.45, 2.75) is 13.3 Å². The van der Waals surface area contributed by atoms with Crippen molar-refractivity contribution in [2.75, 3.05) is 13.2 Å². The molecule has 0 saturated carbocycles. The molecule has 0 aromatic heterocycles. The monoisotopic (exact) mass is 379 g/mol. The molecule has 0 aliphatic rings. The standard InChI is InChI=1S/C17H18BrNO2S/c1-2-12-3-6-14(7-4-12)20-9-10-21-16-8-5-13(18)11-15(16)17(19)22/h3-8,11H,2,9-10H2,1H3,(H2,19,22). The van der Waals surface area contributed by atoms with E-state index < -0.39 is 0 Å². The summed E-state index contributed by atoms with van der Waals surface area (Å²) in [7, 11) is 0. The van der Waals surface area contributed by atoms with E-state index in [1.165, 1.54) is 5.56 Å². The van der Waals surface area contributed by atoms with Crippen LogP contribution >= 0.6 is 28.1 Å². The van der Waals surface area contributed by atoms with Crippen LogP contribution in [0, 0.1) is 0 Å². The summed E-state index contributed by atoms with van der Waals surface area (Å²) in [4.78, 5) is 0.312. The lowest BCUT2D eigenvalue weighted by atomic mass is 10.2. The quantitative estimate of drug-likeness (QED) is 0.580. The number of halogens is 1. The van der Waals surface area contributed by atoms with E-state index in [1.807, 2.05) is 30.3 Å². The van der Waals surface area contributed by atoms with Crippen LogP contribution in [0.4, 0.5) is 0 Å². The highest BCUT2D eigenvalue weighted by Crippen LogP contribution is 2.23. The van der Waals surface area contributed by atoms with Crippen LogP contribution < -0.4 is 15.2 Å². The Kier molecular flexibility index (Phi) is 6.21. The second kappa shape index (κ2) is 8.15. The molecule has 5 heteroatoms. The summed E-state index contributed by atoms with van der Waals surface area (Å²) in [5.74, 6) is 1.51. The van der Waals surface area contributed by atoms with Gasteiger partial charge in [0.15, 0.2) is 0 Å². The first kappa shape index (κ1) is 16.8. The van der Waals surface area contributed by atoms with Crippen LogP contribution in [0.1, 0.15) is 18.1 Å². The molecule has 0 fully saturated rings. The number of hydrogen-bond acceptors (Lipinski definition) is 3. The molecule has 0 atom stereocenters. The number of aryl methyl sites for hydroxylation is 1. The fourth-order valence-electron chi connectivity index (χ4n) is 1.95. The first-order valence-electron chi connectivity index (χ1n) is 7.04. The SMILES string of the molecule is CCc1ccc(OCCOc2ccc(Br)cc2C(N)=S)cc1. The van der Waals surface area contributed by atoms with Gasteiger partial charge < -0.3 is 15.2 Å². The summed E-state index contributed by atoms with van der Waals surface area (Å²) in [5, 5.41) is 0. The lowest BCUT2D eigenvalue weighted by molar-refractivity contribution is 0.217. The predicted octanol–water partition coefficient (Wildman–Crippen LogP) is 4.10. The number of hydrogen-bond donors (Lipinski definition) is 1. The highest BCUT2D eigenvalue weighted by molar-refractivity contribution is 9.10. The van der Waals surface area contributed by atoms with E-state index in [1.54, 1.807) is 0 Å². The Morgan fingerprint density at radius 3 is 2.41 bits per heavy atom. The maximum Gasteiger partial charge on any atom is 0.129 e. The number of benzene rings is 2. The van der Waals surface area contributed by atoms with Gasteiger partial charge in [-0.15, -0.1) is 0 Å². The zero-order valence-electron chi connectivity index (χ0n) is 12.3. The molecular weight excluding hydrogens is 362 g/mol. The van der Waals surface area contributed by atoms with Gasteiger partial charge in [-0.25, -0.2) is 0 Å². The zero-order chi connectivity index (χ0) is 15.9. The third-order valence-electron chi connectivity index (χ3n) is 3.15. The highest BCUT2D eigenvalue weighted by atomic mass is 79.9. The Hall–Kier alpha value is -1.59. The van der Waals surface area contributed by atoms with Crippen molar-refractivity contribution in [2.24, 2.45) is 5.73 Å². The first-order chi connectivity index (χ1) is 10.6. The van der Waals surface area contributed by atoms with Crippen LogP contribution in [-0.2, 0) is 6.42 Å². The third-order valence-corrected chi connectivity index (χ3v) is 3.86. The molecular formula is C17H18BrNO2S. The first-order valence-corrected chi connectivity index (χ1v) is 8.24. The summed E-state index contributed by atoms with van der Waals surface area (Å²) >= 11 is 8.43. The Balaban J connectivity index is 1.87. The Bertz CT molecular complexity index is 644. The van der Waals surface area contributed by atoms with Gasteiger partial charge in [0.25, 0.3) is 0 Å². The summed E-state index contributed by atoms with van der Waals surface area (Å²) in [6, 6.07) is 13.7. The molecule has 0 unspecified atom stereocenters. The van der Waals surface area contributed by atoms with E-state index in [2.05, 4.69) is 35.0 Å². The van der Waals surface area contributed by atoms with Crippen LogP contribution in [-0.4, -0.2) is 18.2 Å². The second-order valence-corrected chi connectivity index (χ2v) is 6.05. The van der Waals surface area contributed by atoms with Crippen LogP contribution in [0.5, 0.6) is 11.5 Å². The van der Waals surface area contributed by atoms with Crippen molar-refractivity contribution >= 4 is 33.1 Å². The smallest absolute Gasteiger partial charge is 0.129 e. The number of rotatable bonds is 7. The molecule has 0 heterocycles. The molecule has 2 aromatic rings. The second-order valence-electron chi connectivity index (χ2n) is 4.70. The minimum atomic E-state index is 0.312. The van der Waals surface area contributed by atoms with Crippen LogP contribution in [0.2, 0.25) is 0 Å². The average Bonchev–Trinajstić information content (AvgIpc) is 2.53. The van der Waals surface area contributed by atoms with E-state index in [-0.39, 0.29) is 0 Å². The molecule has 0 spiro atoms. The molecule has 0 bridgehead atoms. The van der Waals surface area contributed by atoms with Crippen LogP contribution in [0.3, 0.4) is 0 Å². The van der Waals surface area contributed by atoms with Crippen LogP contribution in [0.25, 0.3) is 0 Å². The van der Waals surface area contributed by atoms with E-state index in [0.29, 0.717) is 24.0 Å². The molecule has 2 rings (SSSR count). The molecule has 2 aromatic carbocycles. The Labute approximate surface area is 144 Å². The fourth-order valence-corrected chi connectivity index (χ4v) is 2.47. The van der Waals surface area contributed by atoms with E-state index in [9.17, 15) is 0 Å². The predicted molar refractivity (Wildman–Crippen MR) is 96.8 cm³/mol. The van der Waals surface area contributed by atoms with Gasteiger partial charge in [-0.1, -0.05) is 47.2 Å². The van der Waals surface area contributed by atoms with Gasteiger partial charge in [0.1, 0.15) is 29.7 Å². The zero-order valence-corrected chi connectivity index (χ0v) is 14.7. The van der Waals surface area contributed by atoms with E-state index in [0.717, 1.165) is 22.2 Å². The van der Waals surface area contributed by atoms with Gasteiger partial charge in [0.05, 0.1) is 5.56 Å². The molecule has 116 valence electrons. The number of ether oxygens (including phenoxy) is 2. The molecule has 0 aliphatic heterocycles. The van der Waals surface area contributed by atoms with Crippen molar-refractivity contribution in [3.63, 3.8) is 0 Å². The number of thiocarbonyl (C=S) groups is 1. The average molecular weight is 380 g/mol. The minimum Gasteiger partial charge on any atom is -0.490 e. The lowest BCUT2D eigenvalue weighted by Gasteiger charge is -2.12. The van der Waals surface area contributed by atoms with Gasteiger partial charge in [0.2, 0.25) is 0 Å². The molecule has 3 nitrogen and oxygen atoms in total. The molecule has 22 heavy (non-hydrogen) atoms. The summed E-state index contributed by atoms with van der Waals surface area (Å²) in [5.41, 5.74) is 7.72. The van der Waals surface area contributed by atoms with Gasteiger partial charge in [-0.3, -0.25) is 0 Å². The molecule has 0 radical (unpaired) electrons. The molecule has 2 N–H and O–H groups in total. The van der Waals surface area contributed by atoms with E-state index in [4.69, 9.17) is 27.4 Å². The van der Waals surface area contributed by atoms with Crippen LogP contribution in [0.15, 0.2) is 46.9 Å². The van der Waals surface area contributed by atoms with Gasteiger partial charge in [-0.05, 0) is 42.3 Å². The number of nitrogens with two attached hydrogens (primary N) is 1. The normalized spacial score (nSPS) is 10.3. The summed E-state index contributed by atoms with van der Waals surface area (Å²) in [6.07, 6.45) is 1.02. The largest absolute Gasteiger partial charge is 0.490 e. The fraction of sp³-hybridized carbons (Fsp3) is 0.235. The summed E-state index contributed by atoms with van der Waals surface area (Å²) < 4.78 is 12.3. The maximum atomic E-state index is 5.71. The molecule has 0 amide bonds. The van der Waals surface area contributed by atoms with Gasteiger partial charge >= 0.3 is 0 Å².